The summed E-state index contributed by atoms with van der Waals surface area (Å²) >= 11 is 12.0. The molecule has 3 aromatic carbocycles. The molecule has 3 aromatic rings. The maximum absolute atomic E-state index is 13.6. The van der Waals surface area contributed by atoms with Crippen LogP contribution in [0.4, 0.5) is 13.2 Å². The van der Waals surface area contributed by atoms with E-state index < -0.39 is 33.7 Å². The second-order valence-corrected chi connectivity index (χ2v) is 10.1. The Morgan fingerprint density at radius 1 is 0.971 bits per heavy atom. The van der Waals surface area contributed by atoms with E-state index in [-0.39, 0.29) is 28.4 Å². The fourth-order valence-corrected chi connectivity index (χ4v) is 5.33. The van der Waals surface area contributed by atoms with Crippen LogP contribution in [-0.4, -0.2) is 25.2 Å². The summed E-state index contributed by atoms with van der Waals surface area (Å²) in [6, 6.07) is 14.7. The van der Waals surface area contributed by atoms with Gasteiger partial charge < -0.3 is 5.73 Å². The normalized spacial score (nSPS) is 13.1. The third kappa shape index (κ3) is 5.90. The van der Waals surface area contributed by atoms with Gasteiger partial charge in [0.15, 0.2) is 0 Å². The lowest BCUT2D eigenvalue weighted by molar-refractivity contribution is -0.137. The van der Waals surface area contributed by atoms with Crippen molar-refractivity contribution in [3.05, 3.63) is 99.5 Å². The standard InChI is InChI=1S/C23H19Cl2F3N2O3S/c24-18-7-9-19(10-8-18)34(32,33)30(21(22(29)31)15-4-2-1-3-5-15)13-12-16-14-17(23(26,27)28)6-11-20(16)25/h1-11,14,21H,12-13H2,(H2,29,31)/t21-/m1/s1. The first-order valence-electron chi connectivity index (χ1n) is 9.88. The molecule has 0 unspecified atom stereocenters. The summed E-state index contributed by atoms with van der Waals surface area (Å²) < 4.78 is 67.5. The highest BCUT2D eigenvalue weighted by Crippen LogP contribution is 2.33. The predicted octanol–water partition coefficient (Wildman–Crippen LogP) is 5.47. The van der Waals surface area contributed by atoms with Crippen LogP contribution in [0.15, 0.2) is 77.7 Å². The van der Waals surface area contributed by atoms with Crippen molar-refractivity contribution in [1.29, 1.82) is 0 Å². The van der Waals surface area contributed by atoms with Crippen molar-refractivity contribution in [1.82, 2.24) is 4.31 Å². The molecule has 0 bridgehead atoms. The molecule has 5 nitrogen and oxygen atoms in total. The number of nitrogens with two attached hydrogens (primary N) is 1. The largest absolute Gasteiger partial charge is 0.416 e. The summed E-state index contributed by atoms with van der Waals surface area (Å²) in [5.74, 6) is -0.945. The lowest BCUT2D eigenvalue weighted by Crippen LogP contribution is -2.42. The molecule has 1 atom stereocenters. The monoisotopic (exact) mass is 530 g/mol. The van der Waals surface area contributed by atoms with Crippen LogP contribution < -0.4 is 5.73 Å². The Hall–Kier alpha value is -2.59. The minimum absolute atomic E-state index is 0.0344. The van der Waals surface area contributed by atoms with Gasteiger partial charge in [-0.2, -0.15) is 17.5 Å². The Balaban J connectivity index is 2.07. The van der Waals surface area contributed by atoms with Gasteiger partial charge >= 0.3 is 6.18 Å². The lowest BCUT2D eigenvalue weighted by Gasteiger charge is -2.29. The molecule has 0 aliphatic heterocycles. The maximum atomic E-state index is 13.6. The van der Waals surface area contributed by atoms with E-state index in [2.05, 4.69) is 0 Å². The fourth-order valence-electron chi connectivity index (χ4n) is 3.41. The van der Waals surface area contributed by atoms with E-state index in [1.54, 1.807) is 18.2 Å². The quantitative estimate of drug-likeness (QED) is 0.419. The van der Waals surface area contributed by atoms with E-state index >= 15 is 0 Å². The Kier molecular flexibility index (Phi) is 7.92. The number of halogens is 5. The molecule has 0 saturated carbocycles. The van der Waals surface area contributed by atoms with Crippen molar-refractivity contribution < 1.29 is 26.4 Å². The molecule has 11 heteroatoms. The fraction of sp³-hybridized carbons (Fsp3) is 0.174. The van der Waals surface area contributed by atoms with Crippen LogP contribution in [0.2, 0.25) is 10.0 Å². The second kappa shape index (κ2) is 10.4. The van der Waals surface area contributed by atoms with Crippen molar-refractivity contribution in [3.63, 3.8) is 0 Å². The smallest absolute Gasteiger partial charge is 0.368 e. The van der Waals surface area contributed by atoms with E-state index in [1.165, 1.54) is 36.4 Å². The topological polar surface area (TPSA) is 80.5 Å². The van der Waals surface area contributed by atoms with Crippen molar-refractivity contribution in [3.8, 4) is 0 Å². The molecule has 0 aliphatic rings. The van der Waals surface area contributed by atoms with Crippen molar-refractivity contribution in [2.45, 2.75) is 23.5 Å². The van der Waals surface area contributed by atoms with E-state index in [1.807, 2.05) is 0 Å². The first-order chi connectivity index (χ1) is 15.9. The zero-order valence-electron chi connectivity index (χ0n) is 17.5. The average Bonchev–Trinajstić information content (AvgIpc) is 2.77. The van der Waals surface area contributed by atoms with Crippen LogP contribution in [0.3, 0.4) is 0 Å². The second-order valence-electron chi connectivity index (χ2n) is 7.34. The minimum Gasteiger partial charge on any atom is -0.368 e. The number of hydrogen-bond acceptors (Lipinski definition) is 3. The van der Waals surface area contributed by atoms with Gasteiger partial charge in [0.1, 0.15) is 6.04 Å². The number of amides is 1. The van der Waals surface area contributed by atoms with Crippen LogP contribution in [0.25, 0.3) is 0 Å². The van der Waals surface area contributed by atoms with Gasteiger partial charge in [-0.05, 0) is 60.0 Å². The van der Waals surface area contributed by atoms with Gasteiger partial charge in [0.25, 0.3) is 0 Å². The molecule has 3 rings (SSSR count). The number of carbonyl (C=O) groups excluding carboxylic acids is 1. The average molecular weight is 531 g/mol. The molecule has 0 heterocycles. The van der Waals surface area contributed by atoms with E-state index in [9.17, 15) is 26.4 Å². The maximum Gasteiger partial charge on any atom is 0.416 e. The summed E-state index contributed by atoms with van der Waals surface area (Å²) in [5, 5.41) is 0.336. The van der Waals surface area contributed by atoms with Gasteiger partial charge in [-0.3, -0.25) is 4.79 Å². The summed E-state index contributed by atoms with van der Waals surface area (Å²) in [6.45, 7) is -0.367. The predicted molar refractivity (Wildman–Crippen MR) is 124 cm³/mol. The molecule has 0 saturated heterocycles. The van der Waals surface area contributed by atoms with E-state index in [0.717, 1.165) is 22.5 Å². The van der Waals surface area contributed by atoms with Crippen molar-refractivity contribution in [2.24, 2.45) is 5.73 Å². The van der Waals surface area contributed by atoms with Crippen LogP contribution in [0.5, 0.6) is 0 Å². The van der Waals surface area contributed by atoms with Crippen LogP contribution in [-0.2, 0) is 27.4 Å². The highest BCUT2D eigenvalue weighted by molar-refractivity contribution is 7.89. The molecule has 0 radical (unpaired) electrons. The van der Waals surface area contributed by atoms with Gasteiger partial charge in [0, 0.05) is 16.6 Å². The molecular weight excluding hydrogens is 512 g/mol. The number of benzene rings is 3. The van der Waals surface area contributed by atoms with Gasteiger partial charge in [0.05, 0.1) is 10.5 Å². The Morgan fingerprint density at radius 3 is 2.15 bits per heavy atom. The van der Waals surface area contributed by atoms with Crippen LogP contribution in [0.1, 0.15) is 22.7 Å². The number of carbonyl (C=O) groups is 1. The molecule has 34 heavy (non-hydrogen) atoms. The highest BCUT2D eigenvalue weighted by Gasteiger charge is 2.36. The summed E-state index contributed by atoms with van der Waals surface area (Å²) in [6.07, 6.45) is -4.81. The van der Waals surface area contributed by atoms with Gasteiger partial charge in [-0.15, -0.1) is 0 Å². The number of hydrogen-bond donors (Lipinski definition) is 1. The van der Waals surface area contributed by atoms with Crippen molar-refractivity contribution in [2.75, 3.05) is 6.54 Å². The first kappa shape index (κ1) is 26.0. The van der Waals surface area contributed by atoms with Crippen LogP contribution >= 0.6 is 23.2 Å². The summed E-state index contributed by atoms with van der Waals surface area (Å²) in [4.78, 5) is 12.3. The first-order valence-corrected chi connectivity index (χ1v) is 12.1. The molecule has 0 aromatic heterocycles. The zero-order valence-corrected chi connectivity index (χ0v) is 19.8. The van der Waals surface area contributed by atoms with Gasteiger partial charge in [-0.25, -0.2) is 8.42 Å². The summed E-state index contributed by atoms with van der Waals surface area (Å²) in [5.41, 5.74) is 5.07. The SMILES string of the molecule is NC(=O)[C@@H](c1ccccc1)N(CCc1cc(C(F)(F)F)ccc1Cl)S(=O)(=O)c1ccc(Cl)cc1. The van der Waals surface area contributed by atoms with Gasteiger partial charge in [0.2, 0.25) is 15.9 Å². The Bertz CT molecular complexity index is 1270. The van der Waals surface area contributed by atoms with Crippen molar-refractivity contribution >= 4 is 39.1 Å². The molecule has 0 fully saturated rings. The van der Waals surface area contributed by atoms with E-state index in [4.69, 9.17) is 28.9 Å². The molecular formula is C23H19Cl2F3N2O3S. The molecule has 2 N–H and O–H groups in total. The Labute approximate surface area is 204 Å². The summed E-state index contributed by atoms with van der Waals surface area (Å²) in [7, 11) is -4.32. The minimum atomic E-state index is -4.60. The third-order valence-electron chi connectivity index (χ3n) is 5.07. The number of primary amides is 1. The van der Waals surface area contributed by atoms with E-state index in [0.29, 0.717) is 10.6 Å². The number of sulfonamides is 1. The number of rotatable bonds is 8. The van der Waals surface area contributed by atoms with Gasteiger partial charge in [-0.1, -0.05) is 53.5 Å². The number of nitrogens with zero attached hydrogens (tertiary/aromatic N) is 1. The van der Waals surface area contributed by atoms with Crippen LogP contribution in [0, 0.1) is 0 Å². The Morgan fingerprint density at radius 2 is 1.59 bits per heavy atom. The highest BCUT2D eigenvalue weighted by atomic mass is 35.5. The third-order valence-corrected chi connectivity index (χ3v) is 7.57. The molecule has 0 spiro atoms. The number of alkyl halides is 3. The molecule has 1 amide bonds. The molecule has 180 valence electrons. The zero-order chi connectivity index (χ0) is 25.1. The lowest BCUT2D eigenvalue weighted by atomic mass is 10.0. The molecule has 0 aliphatic carbocycles.